The van der Waals surface area contributed by atoms with Crippen molar-refractivity contribution < 1.29 is 79.2 Å². The van der Waals surface area contributed by atoms with E-state index in [9.17, 15) is 15.2 Å². The van der Waals surface area contributed by atoms with Crippen molar-refractivity contribution in [3.63, 3.8) is 0 Å². The fourth-order valence-electron chi connectivity index (χ4n) is 0.143. The van der Waals surface area contributed by atoms with Gasteiger partial charge in [-0.1, -0.05) is 21.6 Å². The summed E-state index contributed by atoms with van der Waals surface area (Å²) in [5, 5.41) is 19.0. The molecule has 0 aromatic heterocycles. The third-order valence-corrected chi connectivity index (χ3v) is 2.21. The molecule has 0 heterocycles. The van der Waals surface area contributed by atoms with E-state index in [1.54, 1.807) is 0 Å². The molecule has 0 saturated heterocycles. The topological polar surface area (TPSA) is 72.4 Å². The first kappa shape index (κ1) is 18.8. The first-order chi connectivity index (χ1) is 4.27. The molecular weight excluding hydrogens is 210 g/mol. The van der Waals surface area contributed by atoms with Crippen LogP contribution in [0.25, 0.3) is 0 Å². The van der Waals surface area contributed by atoms with E-state index in [0.29, 0.717) is 0 Å². The van der Waals surface area contributed by atoms with Crippen molar-refractivity contribution in [2.75, 3.05) is 11.7 Å². The molecule has 0 N–H and O–H groups in total. The normalized spacial score (nSPS) is 7.73. The van der Waals surface area contributed by atoms with Crippen molar-refractivity contribution >= 4 is 27.6 Å². The van der Waals surface area contributed by atoms with Crippen LogP contribution in [0.15, 0.2) is 0 Å². The first-order valence-corrected chi connectivity index (χ1v) is 4.45. The predicted molar refractivity (Wildman–Crippen MR) is 31.0 cm³/mol. The Morgan fingerprint density at radius 2 is 1.91 bits per heavy atom. The van der Waals surface area contributed by atoms with E-state index < -0.39 is 5.97 Å². The molecule has 0 spiro atoms. The molecule has 0 rings (SSSR count). The summed E-state index contributed by atoms with van der Waals surface area (Å²) in [5.74, 6) is -1.30. The molecule has 0 aromatic carbocycles. The summed E-state index contributed by atoms with van der Waals surface area (Å²) in [6, 6.07) is 0. The second-order valence-electron chi connectivity index (χ2n) is 0.988. The molecule has 0 amide bonds. The molecular formula is C3H4Na2O4S2. The molecule has 8 heteroatoms. The molecule has 0 aliphatic heterocycles. The smallest absolute Gasteiger partial charge is 0.723 e. The van der Waals surface area contributed by atoms with E-state index in [1.807, 2.05) is 0 Å². The van der Waals surface area contributed by atoms with Gasteiger partial charge < -0.3 is 20.0 Å². The van der Waals surface area contributed by atoms with Gasteiger partial charge in [0.25, 0.3) is 0 Å². The standard InChI is InChI=1S/C3H6O4S2.2Na/c4-3(5)1-8-9-2-7-6;;/h6H,1-2H2,(H,4,5);;/q;2*+1/p-2. The molecule has 0 aliphatic rings. The van der Waals surface area contributed by atoms with Crippen LogP contribution >= 0.6 is 21.6 Å². The van der Waals surface area contributed by atoms with E-state index in [4.69, 9.17) is 0 Å². The predicted octanol–water partition coefficient (Wildman–Crippen LogP) is -7.62. The summed E-state index contributed by atoms with van der Waals surface area (Å²) < 4.78 is 0. The number of aliphatic carboxylic acids is 1. The van der Waals surface area contributed by atoms with Gasteiger partial charge in [0, 0.05) is 5.75 Å². The third kappa shape index (κ3) is 18.8. The molecule has 0 saturated carbocycles. The van der Waals surface area contributed by atoms with Crippen LogP contribution in [0.3, 0.4) is 0 Å². The number of hydrogen-bond donors (Lipinski definition) is 0. The van der Waals surface area contributed by atoms with Crippen LogP contribution < -0.4 is 69.5 Å². The van der Waals surface area contributed by atoms with Gasteiger partial charge in [-0.15, -0.1) is 0 Å². The Morgan fingerprint density at radius 1 is 1.36 bits per heavy atom. The Kier molecular flexibility index (Phi) is 25.0. The molecule has 4 nitrogen and oxygen atoms in total. The van der Waals surface area contributed by atoms with Gasteiger partial charge in [-0.3, -0.25) is 0 Å². The van der Waals surface area contributed by atoms with E-state index in [1.165, 1.54) is 0 Å². The van der Waals surface area contributed by atoms with Crippen LogP contribution in [0, 0.1) is 0 Å². The minimum Gasteiger partial charge on any atom is -0.723 e. The summed E-state index contributed by atoms with van der Waals surface area (Å²) in [7, 11) is 2.06. The van der Waals surface area contributed by atoms with Gasteiger partial charge in [-0.05, 0) is 0 Å². The Hall–Kier alpha value is 2.09. The fourth-order valence-corrected chi connectivity index (χ4v) is 1.29. The SMILES string of the molecule is O=C([O-])CSSCO[O-].[Na+].[Na+]. The average Bonchev–Trinajstić information content (AvgIpc) is 1.80. The Balaban J connectivity index is -0.000000320. The van der Waals surface area contributed by atoms with Gasteiger partial charge >= 0.3 is 59.1 Å². The number of carbonyl (C=O) groups is 1. The van der Waals surface area contributed by atoms with E-state index in [2.05, 4.69) is 4.89 Å². The van der Waals surface area contributed by atoms with Gasteiger partial charge in [0.2, 0.25) is 0 Å². The van der Waals surface area contributed by atoms with Crippen LogP contribution in [0.4, 0.5) is 0 Å². The zero-order valence-electron chi connectivity index (χ0n) is 6.36. The van der Waals surface area contributed by atoms with Gasteiger partial charge in [-0.25, -0.2) is 0 Å². The number of carbonyl (C=O) groups excluding carboxylic acids is 1. The van der Waals surface area contributed by atoms with Crippen molar-refractivity contribution in [3.05, 3.63) is 0 Å². The fraction of sp³-hybridized carbons (Fsp3) is 0.667. The number of rotatable bonds is 5. The zero-order chi connectivity index (χ0) is 7.11. The summed E-state index contributed by atoms with van der Waals surface area (Å²) in [5.41, 5.74) is 0. The molecule has 11 heavy (non-hydrogen) atoms. The van der Waals surface area contributed by atoms with Crippen LogP contribution in [0.2, 0.25) is 0 Å². The van der Waals surface area contributed by atoms with Gasteiger partial charge in [0.1, 0.15) is 0 Å². The molecule has 0 atom stereocenters. The summed E-state index contributed by atoms with van der Waals surface area (Å²) in [6.45, 7) is 0. The first-order valence-electron chi connectivity index (χ1n) is 1.96. The number of carboxylic acids is 1. The van der Waals surface area contributed by atoms with Crippen LogP contribution in [-0.2, 0) is 9.68 Å². The van der Waals surface area contributed by atoms with Crippen LogP contribution in [0.5, 0.6) is 0 Å². The van der Waals surface area contributed by atoms with Crippen LogP contribution in [0.1, 0.15) is 0 Å². The van der Waals surface area contributed by atoms with Crippen molar-refractivity contribution in [2.24, 2.45) is 0 Å². The Labute approximate surface area is 117 Å². The molecule has 0 bridgehead atoms. The number of carboxylic acid groups (broad SMARTS) is 1. The van der Waals surface area contributed by atoms with E-state index in [0.717, 1.165) is 21.6 Å². The molecule has 0 unspecified atom stereocenters. The minimum atomic E-state index is -1.14. The van der Waals surface area contributed by atoms with Crippen molar-refractivity contribution in [2.45, 2.75) is 0 Å². The van der Waals surface area contributed by atoms with E-state index in [-0.39, 0.29) is 70.8 Å². The van der Waals surface area contributed by atoms with E-state index >= 15 is 0 Å². The molecule has 0 aromatic rings. The second-order valence-corrected chi connectivity index (χ2v) is 3.40. The van der Waals surface area contributed by atoms with Crippen molar-refractivity contribution in [3.8, 4) is 0 Å². The molecule has 0 radical (unpaired) electrons. The summed E-state index contributed by atoms with van der Waals surface area (Å²) >= 11 is 0. The average molecular weight is 214 g/mol. The maximum atomic E-state index is 9.70. The summed E-state index contributed by atoms with van der Waals surface area (Å²) in [4.78, 5) is 13.1. The van der Waals surface area contributed by atoms with Crippen LogP contribution in [-0.4, -0.2) is 17.7 Å². The molecule has 0 fully saturated rings. The summed E-state index contributed by atoms with van der Waals surface area (Å²) in [6.07, 6.45) is 0. The van der Waals surface area contributed by atoms with Crippen molar-refractivity contribution in [1.29, 1.82) is 0 Å². The van der Waals surface area contributed by atoms with Crippen molar-refractivity contribution in [1.82, 2.24) is 0 Å². The maximum absolute atomic E-state index is 9.70. The Bertz CT molecular complexity index is 93.4. The third-order valence-electron chi connectivity index (χ3n) is 0.356. The largest absolute Gasteiger partial charge is 1.00 e. The van der Waals surface area contributed by atoms with Gasteiger partial charge in [-0.2, -0.15) is 0 Å². The zero-order valence-corrected chi connectivity index (χ0v) is 12.0. The van der Waals surface area contributed by atoms with Gasteiger partial charge in [0.05, 0.1) is 11.9 Å². The quantitative estimate of drug-likeness (QED) is 0.113. The molecule has 0 aliphatic carbocycles. The maximum Gasteiger partial charge on any atom is 1.00 e. The number of hydrogen-bond acceptors (Lipinski definition) is 6. The monoisotopic (exact) mass is 214 g/mol. The second kappa shape index (κ2) is 14.6. The Morgan fingerprint density at radius 3 is 2.27 bits per heavy atom. The van der Waals surface area contributed by atoms with Gasteiger partial charge in [0.15, 0.2) is 0 Å². The minimum absolute atomic E-state index is 0. The molecule has 54 valence electrons.